The smallest absolute Gasteiger partial charge is 0.409 e. The summed E-state index contributed by atoms with van der Waals surface area (Å²) in [6.45, 7) is 1.69. The number of aromatic nitrogens is 1. The van der Waals surface area contributed by atoms with E-state index in [0.29, 0.717) is 16.8 Å². The number of aromatic amines is 1. The molecule has 0 saturated carbocycles. The fourth-order valence-corrected chi connectivity index (χ4v) is 2.26. The Bertz CT molecular complexity index is 873. The summed E-state index contributed by atoms with van der Waals surface area (Å²) in [4.78, 5) is 24.0. The summed E-state index contributed by atoms with van der Waals surface area (Å²) in [5.41, 5.74) is 0.720. The van der Waals surface area contributed by atoms with Crippen molar-refractivity contribution < 1.29 is 24.5 Å². The van der Waals surface area contributed by atoms with Gasteiger partial charge < -0.3 is 19.9 Å². The maximum absolute atomic E-state index is 10.9. The van der Waals surface area contributed by atoms with Crippen molar-refractivity contribution in [1.29, 1.82) is 0 Å². The number of carboxylic acid groups (broad SMARTS) is 1. The van der Waals surface area contributed by atoms with Crippen LogP contribution in [0, 0.1) is 6.92 Å². The van der Waals surface area contributed by atoms with Gasteiger partial charge in [-0.25, -0.2) is 9.59 Å². The molecule has 0 atom stereocenters. The normalized spacial score (nSPS) is 9.92. The third-order valence-corrected chi connectivity index (χ3v) is 3.20. The van der Waals surface area contributed by atoms with Crippen molar-refractivity contribution in [3.8, 4) is 11.5 Å². The molecule has 0 aliphatic carbocycles. The Morgan fingerprint density at radius 2 is 1.79 bits per heavy atom. The molecule has 124 valence electrons. The zero-order valence-corrected chi connectivity index (χ0v) is 13.4. The van der Waals surface area contributed by atoms with Crippen molar-refractivity contribution in [3.63, 3.8) is 0 Å². The van der Waals surface area contributed by atoms with Crippen molar-refractivity contribution in [2.45, 2.75) is 6.92 Å². The Labute approximate surface area is 142 Å². The molecule has 0 spiro atoms. The highest BCUT2D eigenvalue weighted by atomic mass is 35.5. The summed E-state index contributed by atoms with van der Waals surface area (Å²) in [6, 6.07) is 13.3. The van der Waals surface area contributed by atoms with Crippen LogP contribution in [-0.4, -0.2) is 26.6 Å². The van der Waals surface area contributed by atoms with E-state index >= 15 is 0 Å². The van der Waals surface area contributed by atoms with Gasteiger partial charge in [0, 0.05) is 28.2 Å². The van der Waals surface area contributed by atoms with E-state index in [9.17, 15) is 14.7 Å². The first kappa shape index (κ1) is 17.4. The summed E-state index contributed by atoms with van der Waals surface area (Å²) in [7, 11) is 0. The molecular weight excluding hydrogens is 334 g/mol. The van der Waals surface area contributed by atoms with Gasteiger partial charge in [0.05, 0.1) is 5.56 Å². The second-order valence-electron chi connectivity index (χ2n) is 4.81. The highest BCUT2D eigenvalue weighted by Gasteiger charge is 2.14. The Balaban J connectivity index is 0.000000185. The Kier molecular flexibility index (Phi) is 5.44. The van der Waals surface area contributed by atoms with E-state index in [4.69, 9.17) is 16.7 Å². The van der Waals surface area contributed by atoms with Gasteiger partial charge in [0.15, 0.2) is 0 Å². The van der Waals surface area contributed by atoms with E-state index in [1.54, 1.807) is 37.3 Å². The van der Waals surface area contributed by atoms with Gasteiger partial charge in [-0.3, -0.25) is 0 Å². The maximum Gasteiger partial charge on any atom is 0.409 e. The minimum absolute atomic E-state index is 0.0685. The molecular formula is C17H14ClNO5. The van der Waals surface area contributed by atoms with Gasteiger partial charge in [0.1, 0.15) is 11.5 Å². The van der Waals surface area contributed by atoms with Gasteiger partial charge in [-0.05, 0) is 37.3 Å². The highest BCUT2D eigenvalue weighted by molar-refractivity contribution is 6.61. The lowest BCUT2D eigenvalue weighted by molar-refractivity contribution is 0.0698. The molecule has 0 fully saturated rings. The average Bonchev–Trinajstić information content (AvgIpc) is 2.83. The van der Waals surface area contributed by atoms with Gasteiger partial charge in [0.2, 0.25) is 0 Å². The number of ether oxygens (including phenoxy) is 1. The molecule has 6 nitrogen and oxygen atoms in total. The number of carbonyl (C=O) groups excluding carboxylic acids is 1. The van der Waals surface area contributed by atoms with Gasteiger partial charge in [-0.15, -0.1) is 0 Å². The van der Waals surface area contributed by atoms with E-state index in [-0.39, 0.29) is 11.3 Å². The number of H-pyrrole nitrogens is 1. The minimum atomic E-state index is -0.987. The third kappa shape index (κ3) is 4.27. The first-order valence-corrected chi connectivity index (χ1v) is 7.23. The van der Waals surface area contributed by atoms with Crippen LogP contribution in [0.5, 0.6) is 11.5 Å². The molecule has 24 heavy (non-hydrogen) atoms. The predicted molar refractivity (Wildman–Crippen MR) is 90.0 cm³/mol. The molecule has 2 aromatic carbocycles. The molecule has 1 aromatic heterocycles. The zero-order valence-electron chi connectivity index (χ0n) is 12.6. The topological polar surface area (TPSA) is 99.6 Å². The van der Waals surface area contributed by atoms with Crippen LogP contribution in [0.3, 0.4) is 0 Å². The Hall–Kier alpha value is -2.99. The molecule has 0 unspecified atom stereocenters. The van der Waals surface area contributed by atoms with E-state index in [1.807, 2.05) is 6.07 Å². The largest absolute Gasteiger partial charge is 0.508 e. The number of para-hydroxylation sites is 1. The van der Waals surface area contributed by atoms with Crippen LogP contribution in [0.15, 0.2) is 48.5 Å². The number of aromatic carboxylic acids is 1. The number of carboxylic acids is 1. The van der Waals surface area contributed by atoms with E-state index in [1.165, 1.54) is 12.1 Å². The van der Waals surface area contributed by atoms with Crippen molar-refractivity contribution in [3.05, 3.63) is 59.8 Å². The molecule has 0 aliphatic rings. The van der Waals surface area contributed by atoms with Crippen LogP contribution >= 0.6 is 11.6 Å². The number of hydrogen-bond acceptors (Lipinski definition) is 4. The van der Waals surface area contributed by atoms with Gasteiger partial charge >= 0.3 is 11.4 Å². The zero-order chi connectivity index (χ0) is 17.7. The van der Waals surface area contributed by atoms with Crippen LogP contribution in [-0.2, 0) is 0 Å². The van der Waals surface area contributed by atoms with Crippen molar-refractivity contribution >= 4 is 33.9 Å². The van der Waals surface area contributed by atoms with Gasteiger partial charge in [-0.2, -0.15) is 0 Å². The highest BCUT2D eigenvalue weighted by Crippen LogP contribution is 2.25. The number of halogens is 1. The van der Waals surface area contributed by atoms with E-state index in [2.05, 4.69) is 9.72 Å². The summed E-state index contributed by atoms with van der Waals surface area (Å²) in [5, 5.41) is 18.7. The number of hydrogen-bond donors (Lipinski definition) is 3. The third-order valence-electron chi connectivity index (χ3n) is 3.12. The van der Waals surface area contributed by atoms with E-state index in [0.717, 1.165) is 5.52 Å². The summed E-state index contributed by atoms with van der Waals surface area (Å²) in [5.74, 6) is -0.458. The Morgan fingerprint density at radius 1 is 1.12 bits per heavy atom. The number of nitrogens with one attached hydrogen (secondary N) is 1. The molecule has 7 heteroatoms. The Morgan fingerprint density at radius 3 is 2.38 bits per heavy atom. The first-order chi connectivity index (χ1) is 11.4. The fraction of sp³-hybridized carbons (Fsp3) is 0.0588. The maximum atomic E-state index is 10.9. The van der Waals surface area contributed by atoms with E-state index < -0.39 is 11.4 Å². The van der Waals surface area contributed by atoms with Crippen LogP contribution in [0.1, 0.15) is 16.1 Å². The van der Waals surface area contributed by atoms with Crippen LogP contribution in [0.25, 0.3) is 10.9 Å². The number of carbonyl (C=O) groups is 2. The number of phenols is 1. The molecule has 0 saturated heterocycles. The molecule has 3 rings (SSSR count). The number of benzene rings is 2. The SMILES string of the molecule is Cc1[nH]c2ccc(O)cc2c1C(=O)O.O=C(Cl)Oc1ccccc1. The number of phenolic OH excluding ortho intramolecular Hbond substituents is 1. The van der Waals surface area contributed by atoms with Crippen molar-refractivity contribution in [2.24, 2.45) is 0 Å². The quantitative estimate of drug-likeness (QED) is 0.600. The molecule has 3 N–H and O–H groups in total. The van der Waals surface area contributed by atoms with Gasteiger partial charge in [-0.1, -0.05) is 18.2 Å². The summed E-state index contributed by atoms with van der Waals surface area (Å²) in [6.07, 6.45) is 0. The number of aromatic hydroxyl groups is 1. The molecule has 1 heterocycles. The van der Waals surface area contributed by atoms with Crippen LogP contribution in [0.2, 0.25) is 0 Å². The average molecular weight is 348 g/mol. The lowest BCUT2D eigenvalue weighted by Crippen LogP contribution is -1.96. The number of aryl methyl sites for hydroxylation is 1. The molecule has 0 bridgehead atoms. The molecule has 0 radical (unpaired) electrons. The fourth-order valence-electron chi connectivity index (χ4n) is 2.17. The summed E-state index contributed by atoms with van der Waals surface area (Å²) < 4.78 is 4.54. The minimum Gasteiger partial charge on any atom is -0.508 e. The van der Waals surface area contributed by atoms with Crippen LogP contribution < -0.4 is 4.74 Å². The van der Waals surface area contributed by atoms with Crippen molar-refractivity contribution in [2.75, 3.05) is 0 Å². The molecule has 3 aromatic rings. The number of rotatable bonds is 2. The predicted octanol–water partition coefficient (Wildman–Crippen LogP) is 4.30. The standard InChI is InChI=1S/C10H9NO3.C7H5ClO2/c1-5-9(10(13)14)7-4-6(12)2-3-8(7)11-5;8-7(9)10-6-4-2-1-3-5-6/h2-4,11-12H,1H3,(H,13,14);1-5H. The number of fused-ring (bicyclic) bond motifs is 1. The van der Waals surface area contributed by atoms with Crippen LogP contribution in [0.4, 0.5) is 4.79 Å². The molecule has 0 aliphatic heterocycles. The lowest BCUT2D eigenvalue weighted by atomic mass is 10.1. The first-order valence-electron chi connectivity index (χ1n) is 6.85. The lowest BCUT2D eigenvalue weighted by Gasteiger charge is -1.95. The summed E-state index contributed by atoms with van der Waals surface area (Å²) >= 11 is 4.95. The second-order valence-corrected chi connectivity index (χ2v) is 5.12. The monoisotopic (exact) mass is 347 g/mol. The molecule has 0 amide bonds. The second kappa shape index (κ2) is 7.52. The van der Waals surface area contributed by atoms with Gasteiger partial charge in [0.25, 0.3) is 0 Å². The van der Waals surface area contributed by atoms with Crippen molar-refractivity contribution in [1.82, 2.24) is 4.98 Å².